The van der Waals surface area contributed by atoms with Crippen molar-refractivity contribution < 1.29 is 4.39 Å². The lowest BCUT2D eigenvalue weighted by atomic mass is 10.3. The molecule has 1 atom stereocenters. The fraction of sp³-hybridized carbons (Fsp3) is 0.800. The van der Waals surface area contributed by atoms with Gasteiger partial charge in [-0.2, -0.15) is 0 Å². The minimum atomic E-state index is -0.701. The van der Waals surface area contributed by atoms with Crippen LogP contribution in [0.5, 0.6) is 0 Å². The summed E-state index contributed by atoms with van der Waals surface area (Å²) < 4.78 is 12.1. The molecule has 0 heterocycles. The molecule has 2 nitrogen and oxygen atoms in total. The first-order valence-corrected chi connectivity index (χ1v) is 4.71. The maximum Gasteiger partial charge on any atom is 0.0990 e. The maximum absolute atomic E-state index is 12.1. The van der Waals surface area contributed by atoms with E-state index in [9.17, 15) is 4.39 Å². The first kappa shape index (κ1) is 18.3. The van der Waals surface area contributed by atoms with E-state index in [1.54, 1.807) is 13.1 Å². The van der Waals surface area contributed by atoms with Crippen LogP contribution >= 0.6 is 0 Å². The van der Waals surface area contributed by atoms with E-state index in [-0.39, 0.29) is 0 Å². The van der Waals surface area contributed by atoms with Crippen molar-refractivity contribution in [3.05, 3.63) is 12.8 Å². The number of hydrogen-bond acceptors (Lipinski definition) is 2. The molecule has 0 fully saturated rings. The zero-order chi connectivity index (χ0) is 11.3. The van der Waals surface area contributed by atoms with Crippen LogP contribution in [0.15, 0.2) is 12.8 Å². The van der Waals surface area contributed by atoms with Crippen LogP contribution in [0.2, 0.25) is 0 Å². The Morgan fingerprint density at radius 2 is 1.85 bits per heavy atom. The molecule has 0 spiro atoms. The van der Waals surface area contributed by atoms with Crippen molar-refractivity contribution in [2.45, 2.75) is 33.4 Å². The second kappa shape index (κ2) is 17.5. The average Bonchev–Trinajstić information content (AvgIpc) is 2.20. The van der Waals surface area contributed by atoms with Crippen molar-refractivity contribution in [3.8, 4) is 0 Å². The van der Waals surface area contributed by atoms with Gasteiger partial charge in [0.15, 0.2) is 0 Å². The molecule has 2 N–H and O–H groups in total. The van der Waals surface area contributed by atoms with E-state index in [0.29, 0.717) is 6.42 Å². The molecule has 13 heavy (non-hydrogen) atoms. The minimum absolute atomic E-state index is 0.586. The lowest BCUT2D eigenvalue weighted by molar-refractivity contribution is 0.304. The molecule has 0 aliphatic heterocycles. The van der Waals surface area contributed by atoms with E-state index in [1.807, 2.05) is 25.8 Å². The number of nitrogens with two attached hydrogens (primary N) is 1. The Kier molecular flexibility index (Phi) is 24.6. The smallest absolute Gasteiger partial charge is 0.0990 e. The van der Waals surface area contributed by atoms with Gasteiger partial charge in [0.1, 0.15) is 0 Å². The molecule has 0 amide bonds. The average molecular weight is 192 g/mol. The van der Waals surface area contributed by atoms with Gasteiger partial charge in [-0.1, -0.05) is 20.4 Å². The van der Waals surface area contributed by atoms with E-state index >= 15 is 0 Å². The molecule has 0 aliphatic carbocycles. The Morgan fingerprint density at radius 3 is 2.08 bits per heavy atom. The van der Waals surface area contributed by atoms with E-state index in [1.165, 1.54) is 7.05 Å². The Balaban J connectivity index is -0.000000218. The van der Waals surface area contributed by atoms with Crippen molar-refractivity contribution in [2.75, 3.05) is 20.6 Å². The molecular weight excluding hydrogens is 167 g/mol. The second-order valence-corrected chi connectivity index (χ2v) is 2.23. The zero-order valence-electron chi connectivity index (χ0n) is 9.68. The van der Waals surface area contributed by atoms with Crippen LogP contribution in [-0.2, 0) is 0 Å². The standard InChI is InChI=1S/C7H14FN.C2H6.CH5N/c1-4-9(3)6-5-7(2)8;2*1-2/h4,7H,1,5-6H2,2-3H3;1-2H3;2H2,1H3. The predicted molar refractivity (Wildman–Crippen MR) is 59.5 cm³/mol. The van der Waals surface area contributed by atoms with Crippen molar-refractivity contribution in [2.24, 2.45) is 5.73 Å². The summed E-state index contributed by atoms with van der Waals surface area (Å²) >= 11 is 0. The highest BCUT2D eigenvalue weighted by Crippen LogP contribution is 1.96. The monoisotopic (exact) mass is 192 g/mol. The maximum atomic E-state index is 12.1. The number of hydrogen-bond donors (Lipinski definition) is 1. The van der Waals surface area contributed by atoms with Crippen LogP contribution < -0.4 is 5.73 Å². The summed E-state index contributed by atoms with van der Waals surface area (Å²) in [5, 5.41) is 0. The summed E-state index contributed by atoms with van der Waals surface area (Å²) in [6, 6.07) is 0. The second-order valence-electron chi connectivity index (χ2n) is 2.23. The Labute approximate surface area is 82.6 Å². The lowest BCUT2D eigenvalue weighted by Gasteiger charge is -2.12. The van der Waals surface area contributed by atoms with E-state index < -0.39 is 6.17 Å². The number of halogens is 1. The van der Waals surface area contributed by atoms with E-state index in [0.717, 1.165) is 6.54 Å². The van der Waals surface area contributed by atoms with Gasteiger partial charge in [0.25, 0.3) is 0 Å². The summed E-state index contributed by atoms with van der Waals surface area (Å²) in [6.45, 7) is 9.86. The molecule has 0 saturated heterocycles. The largest absolute Gasteiger partial charge is 0.381 e. The normalized spacial score (nSPS) is 9.77. The highest BCUT2D eigenvalue weighted by Gasteiger charge is 1.97. The number of nitrogens with zero attached hydrogens (tertiary/aromatic N) is 1. The molecule has 0 rings (SSSR count). The fourth-order valence-corrected chi connectivity index (χ4v) is 0.473. The number of rotatable bonds is 4. The molecule has 3 heteroatoms. The van der Waals surface area contributed by atoms with Gasteiger partial charge in [-0.15, -0.1) is 0 Å². The van der Waals surface area contributed by atoms with Gasteiger partial charge in [0.05, 0.1) is 6.17 Å². The highest BCUT2D eigenvalue weighted by molar-refractivity contribution is 4.66. The fourth-order valence-electron chi connectivity index (χ4n) is 0.473. The van der Waals surface area contributed by atoms with E-state index in [4.69, 9.17) is 0 Å². The van der Waals surface area contributed by atoms with Gasteiger partial charge < -0.3 is 10.6 Å². The van der Waals surface area contributed by atoms with Gasteiger partial charge in [-0.25, -0.2) is 4.39 Å². The predicted octanol–water partition coefficient (Wildman–Crippen LogP) is 2.41. The summed E-state index contributed by atoms with van der Waals surface area (Å²) in [7, 11) is 3.38. The topological polar surface area (TPSA) is 29.3 Å². The third-order valence-corrected chi connectivity index (χ3v) is 1.19. The third-order valence-electron chi connectivity index (χ3n) is 1.19. The van der Waals surface area contributed by atoms with Crippen LogP contribution in [-0.4, -0.2) is 31.7 Å². The summed E-state index contributed by atoms with van der Waals surface area (Å²) in [5.74, 6) is 0. The van der Waals surface area contributed by atoms with Crippen molar-refractivity contribution in [1.82, 2.24) is 4.90 Å². The van der Waals surface area contributed by atoms with Gasteiger partial charge in [0.2, 0.25) is 0 Å². The van der Waals surface area contributed by atoms with Crippen LogP contribution in [0.3, 0.4) is 0 Å². The SMILES string of the molecule is C=CN(C)CCC(C)F.CC.CN. The van der Waals surface area contributed by atoms with Crippen LogP contribution in [0.1, 0.15) is 27.2 Å². The summed E-state index contributed by atoms with van der Waals surface area (Å²) in [6.07, 6.45) is 1.58. The molecule has 0 aromatic rings. The van der Waals surface area contributed by atoms with Crippen LogP contribution in [0.25, 0.3) is 0 Å². The quantitative estimate of drug-likeness (QED) is 0.741. The Hall–Kier alpha value is -0.570. The Bertz CT molecular complexity index is 85.0. The van der Waals surface area contributed by atoms with Gasteiger partial charge >= 0.3 is 0 Å². The molecular formula is C10H25FN2. The van der Waals surface area contributed by atoms with Crippen LogP contribution in [0, 0.1) is 0 Å². The first-order chi connectivity index (χ1) is 6.16. The lowest BCUT2D eigenvalue weighted by Crippen LogP contribution is -2.14. The van der Waals surface area contributed by atoms with E-state index in [2.05, 4.69) is 12.3 Å². The van der Waals surface area contributed by atoms with Crippen LogP contribution in [0.4, 0.5) is 4.39 Å². The van der Waals surface area contributed by atoms with Gasteiger partial charge in [0, 0.05) is 13.6 Å². The van der Waals surface area contributed by atoms with Crippen molar-refractivity contribution in [1.29, 1.82) is 0 Å². The van der Waals surface area contributed by atoms with Crippen molar-refractivity contribution >= 4 is 0 Å². The third kappa shape index (κ3) is 24.6. The highest BCUT2D eigenvalue weighted by atomic mass is 19.1. The molecule has 0 radical (unpaired) electrons. The zero-order valence-corrected chi connectivity index (χ0v) is 9.68. The summed E-state index contributed by atoms with van der Waals surface area (Å²) in [4.78, 5) is 1.87. The molecule has 0 bridgehead atoms. The molecule has 1 unspecified atom stereocenters. The summed E-state index contributed by atoms with van der Waals surface area (Å²) in [5.41, 5.74) is 4.50. The minimum Gasteiger partial charge on any atom is -0.381 e. The molecule has 82 valence electrons. The van der Waals surface area contributed by atoms with Gasteiger partial charge in [-0.3, -0.25) is 0 Å². The molecule has 0 aromatic heterocycles. The molecule has 0 aromatic carbocycles. The van der Waals surface area contributed by atoms with Crippen molar-refractivity contribution in [3.63, 3.8) is 0 Å². The first-order valence-electron chi connectivity index (χ1n) is 4.71. The molecule has 0 saturated carbocycles. The van der Waals surface area contributed by atoms with Gasteiger partial charge in [-0.05, 0) is 26.6 Å². The Morgan fingerprint density at radius 1 is 1.46 bits per heavy atom. The molecule has 0 aliphatic rings. The number of alkyl halides is 1.